The number of fused-ring (bicyclic) bond motifs is 8. The fourth-order valence-corrected chi connectivity index (χ4v) is 8.06. The molecular weight excluding hydrogens is 900 g/mol. The molecule has 6 nitrogen and oxygen atoms in total. The number of hydrogen-bond acceptors (Lipinski definition) is 4. The molecule has 0 amide bonds. The van der Waals surface area contributed by atoms with Gasteiger partial charge in [0.25, 0.3) is 0 Å². The summed E-state index contributed by atoms with van der Waals surface area (Å²) in [5.41, 5.74) is 15.0. The van der Waals surface area contributed by atoms with Crippen LogP contribution in [0.3, 0.4) is 0 Å². The molecule has 0 N–H and O–H groups in total. The SMILES string of the molecule is Cc1cc(C)c(-c2c3nc(nc4[n-]c(cc4Br)c(-c4c(C)cc(C)cc4C)c4nc(nc5[n-]c2cc5Br)C(Br)=C4)C(Br)=C3)c(C)c1.[Cu+2]. The zero-order chi connectivity index (χ0) is 32.6. The van der Waals surface area contributed by atoms with Gasteiger partial charge in [0.15, 0.2) is 0 Å². The average Bonchev–Trinajstić information content (AvgIpc) is 3.71. The average molecular weight is 926 g/mol. The molecule has 239 valence electrons. The van der Waals surface area contributed by atoms with E-state index in [2.05, 4.69) is 130 Å². The van der Waals surface area contributed by atoms with Crippen molar-refractivity contribution in [2.75, 3.05) is 0 Å². The Balaban J connectivity index is 0.00000386. The van der Waals surface area contributed by atoms with Gasteiger partial charge in [-0.05, 0) is 153 Å². The van der Waals surface area contributed by atoms with Gasteiger partial charge in [-0.3, -0.25) is 9.97 Å². The monoisotopic (exact) mass is 921 g/mol. The van der Waals surface area contributed by atoms with Gasteiger partial charge in [-0.1, -0.05) is 67.3 Å². The summed E-state index contributed by atoms with van der Waals surface area (Å²) in [4.78, 5) is 30.1. The number of aryl methyl sites for hydroxylation is 6. The van der Waals surface area contributed by atoms with Gasteiger partial charge >= 0.3 is 17.1 Å². The van der Waals surface area contributed by atoms with E-state index in [1.165, 1.54) is 11.1 Å². The van der Waals surface area contributed by atoms with Crippen molar-refractivity contribution in [2.45, 2.75) is 41.5 Å². The molecule has 0 saturated heterocycles. The third-order valence-electron chi connectivity index (χ3n) is 8.12. The summed E-state index contributed by atoms with van der Waals surface area (Å²) in [6, 6.07) is 12.7. The molecular formula is C36H26Br4CuN6. The first kappa shape index (κ1) is 34.2. The molecule has 7 rings (SSSR count). The molecule has 0 unspecified atom stereocenters. The van der Waals surface area contributed by atoms with Crippen molar-refractivity contribution in [3.05, 3.63) is 102 Å². The Kier molecular flexibility index (Phi) is 9.45. The Morgan fingerprint density at radius 1 is 0.468 bits per heavy atom. The van der Waals surface area contributed by atoms with Gasteiger partial charge in [0.1, 0.15) is 0 Å². The second-order valence-corrected chi connectivity index (χ2v) is 15.2. The van der Waals surface area contributed by atoms with Crippen LogP contribution < -0.4 is 9.97 Å². The van der Waals surface area contributed by atoms with Crippen LogP contribution in [-0.4, -0.2) is 19.9 Å². The Morgan fingerprint density at radius 2 is 0.809 bits per heavy atom. The minimum Gasteiger partial charge on any atom is -0.435 e. The summed E-state index contributed by atoms with van der Waals surface area (Å²) in [7, 11) is 0. The van der Waals surface area contributed by atoms with Crippen molar-refractivity contribution < 1.29 is 17.1 Å². The topological polar surface area (TPSA) is 79.8 Å². The zero-order valence-electron chi connectivity index (χ0n) is 26.1. The molecule has 8 bridgehead atoms. The third kappa shape index (κ3) is 6.20. The molecule has 2 aliphatic heterocycles. The first-order valence-corrected chi connectivity index (χ1v) is 17.7. The van der Waals surface area contributed by atoms with Crippen LogP contribution in [0.2, 0.25) is 0 Å². The maximum absolute atomic E-state index is 5.06. The third-order valence-corrected chi connectivity index (χ3v) is 10.5. The van der Waals surface area contributed by atoms with E-state index in [0.717, 1.165) is 84.8 Å². The number of nitrogens with zero attached hydrogens (tertiary/aromatic N) is 6. The van der Waals surface area contributed by atoms with Gasteiger partial charge in [0, 0.05) is 29.0 Å². The smallest absolute Gasteiger partial charge is 0.435 e. The normalized spacial score (nSPS) is 12.6. The molecule has 0 spiro atoms. The van der Waals surface area contributed by atoms with Crippen molar-refractivity contribution in [1.29, 1.82) is 0 Å². The quantitative estimate of drug-likeness (QED) is 0.164. The molecule has 5 heterocycles. The molecule has 2 aromatic carbocycles. The maximum Gasteiger partial charge on any atom is 2.00 e. The molecule has 0 saturated carbocycles. The molecule has 11 heteroatoms. The molecule has 0 fully saturated rings. The maximum atomic E-state index is 5.06. The van der Waals surface area contributed by atoms with Crippen LogP contribution >= 0.6 is 63.7 Å². The number of hydrogen-bond donors (Lipinski definition) is 0. The van der Waals surface area contributed by atoms with E-state index in [1.807, 2.05) is 24.3 Å². The second kappa shape index (κ2) is 13.0. The van der Waals surface area contributed by atoms with Crippen LogP contribution in [0.25, 0.3) is 65.7 Å². The van der Waals surface area contributed by atoms with E-state index in [0.29, 0.717) is 22.9 Å². The van der Waals surface area contributed by atoms with Crippen LogP contribution in [0, 0.1) is 41.5 Å². The Morgan fingerprint density at radius 3 is 1.15 bits per heavy atom. The number of aromatic nitrogens is 6. The van der Waals surface area contributed by atoms with Gasteiger partial charge in [0.2, 0.25) is 0 Å². The van der Waals surface area contributed by atoms with Gasteiger partial charge in [-0.15, -0.1) is 0 Å². The number of rotatable bonds is 2. The first-order chi connectivity index (χ1) is 21.9. The Bertz CT molecular complexity index is 2170. The number of halogens is 4. The van der Waals surface area contributed by atoms with Gasteiger partial charge < -0.3 is 19.9 Å². The van der Waals surface area contributed by atoms with Crippen LogP contribution in [0.1, 0.15) is 56.4 Å². The fraction of sp³-hybridized carbons (Fsp3) is 0.167. The molecule has 2 aliphatic rings. The van der Waals surface area contributed by atoms with Crippen molar-refractivity contribution in [3.8, 4) is 22.3 Å². The minimum absolute atomic E-state index is 0. The molecule has 5 aromatic rings. The Labute approximate surface area is 317 Å². The van der Waals surface area contributed by atoms with E-state index in [4.69, 9.17) is 29.9 Å². The summed E-state index contributed by atoms with van der Waals surface area (Å²) in [6.45, 7) is 12.7. The predicted octanol–water partition coefficient (Wildman–Crippen LogP) is 10.9. The molecule has 47 heavy (non-hydrogen) atoms. The summed E-state index contributed by atoms with van der Waals surface area (Å²) in [5, 5.41) is 0. The van der Waals surface area contributed by atoms with Gasteiger partial charge in [-0.2, -0.15) is 0 Å². The summed E-state index contributed by atoms with van der Waals surface area (Å²) in [5.74, 6) is 1.06. The summed E-state index contributed by atoms with van der Waals surface area (Å²) < 4.78 is 3.05. The van der Waals surface area contributed by atoms with Gasteiger partial charge in [-0.25, -0.2) is 0 Å². The van der Waals surface area contributed by atoms with Crippen LogP contribution in [0.4, 0.5) is 0 Å². The van der Waals surface area contributed by atoms with E-state index in [1.54, 1.807) is 0 Å². The number of benzene rings is 2. The van der Waals surface area contributed by atoms with E-state index >= 15 is 0 Å². The largest absolute Gasteiger partial charge is 2.00 e. The van der Waals surface area contributed by atoms with E-state index < -0.39 is 0 Å². The predicted molar refractivity (Wildman–Crippen MR) is 203 cm³/mol. The van der Waals surface area contributed by atoms with E-state index in [9.17, 15) is 0 Å². The van der Waals surface area contributed by atoms with Crippen molar-refractivity contribution in [3.63, 3.8) is 0 Å². The van der Waals surface area contributed by atoms with Crippen LogP contribution in [-0.2, 0) is 17.1 Å². The molecule has 0 atom stereocenters. The van der Waals surface area contributed by atoms with E-state index in [-0.39, 0.29) is 17.1 Å². The molecule has 1 radical (unpaired) electrons. The zero-order valence-corrected chi connectivity index (χ0v) is 33.4. The standard InChI is InChI=1S/C36H26Br4N6.Cu/c1-15-7-17(3)29(18(4)8-15)31-25-11-21(37)33(41-25)45-35-23(39)13-27(43-35)32(30-19(5)9-16(2)10-20(30)6)28-14-24(40)36(44-28)46-34-22(38)12-26(31)42-34;/h7-14H,1-6H3;/q-2;+2. The molecule has 0 aliphatic carbocycles. The molecule has 3 aromatic heterocycles. The second-order valence-electron chi connectivity index (χ2n) is 11.8. The van der Waals surface area contributed by atoms with Gasteiger partial charge in [0.05, 0.1) is 23.0 Å². The first-order valence-electron chi connectivity index (χ1n) is 14.6. The summed E-state index contributed by atoms with van der Waals surface area (Å²) in [6.07, 6.45) is 4.00. The van der Waals surface area contributed by atoms with Crippen LogP contribution in [0.15, 0.2) is 45.3 Å². The minimum atomic E-state index is 0. The van der Waals surface area contributed by atoms with Crippen molar-refractivity contribution in [1.82, 2.24) is 29.9 Å². The van der Waals surface area contributed by atoms with Crippen LogP contribution in [0.5, 0.6) is 0 Å². The van der Waals surface area contributed by atoms with Crippen molar-refractivity contribution >= 4 is 107 Å². The fourth-order valence-electron chi connectivity index (χ4n) is 6.49. The summed E-state index contributed by atoms with van der Waals surface area (Å²) >= 11 is 15.0. The Hall–Kier alpha value is -2.66. The van der Waals surface area contributed by atoms with Crippen molar-refractivity contribution in [2.24, 2.45) is 0 Å².